The predicted molar refractivity (Wildman–Crippen MR) is 122 cm³/mol. The van der Waals surface area contributed by atoms with E-state index in [1.165, 1.54) is 30.9 Å². The summed E-state index contributed by atoms with van der Waals surface area (Å²) in [5.74, 6) is -4.32. The van der Waals surface area contributed by atoms with E-state index < -0.39 is 29.4 Å². The first kappa shape index (κ1) is 27.8. The number of benzene rings is 1. The minimum Gasteiger partial charge on any atom is -0.339 e. The molecule has 0 N–H and O–H groups in total. The SMILES string of the molecule is CCCCN1CCN(C(=O)c2cc(Cc3nn(OC(=O)C(F)(F)F)c(=O)c(C)c3C)ccc2F)CC1=O. The van der Waals surface area contributed by atoms with Crippen LogP contribution in [0, 0.1) is 19.7 Å². The summed E-state index contributed by atoms with van der Waals surface area (Å²) in [5, 5.41) is 3.73. The van der Waals surface area contributed by atoms with E-state index >= 15 is 0 Å². The van der Waals surface area contributed by atoms with E-state index in [4.69, 9.17) is 0 Å². The van der Waals surface area contributed by atoms with Crippen LogP contribution in [0.25, 0.3) is 0 Å². The zero-order valence-electron chi connectivity index (χ0n) is 20.5. The Balaban J connectivity index is 1.84. The first-order valence-corrected chi connectivity index (χ1v) is 11.6. The maximum absolute atomic E-state index is 14.6. The van der Waals surface area contributed by atoms with Gasteiger partial charge in [-0.15, -0.1) is 5.10 Å². The van der Waals surface area contributed by atoms with Gasteiger partial charge in [-0.3, -0.25) is 14.4 Å². The number of carbonyl (C=O) groups is 3. The summed E-state index contributed by atoms with van der Waals surface area (Å²) < 4.78 is 52.4. The van der Waals surface area contributed by atoms with Crippen molar-refractivity contribution in [1.29, 1.82) is 0 Å². The summed E-state index contributed by atoms with van der Waals surface area (Å²) in [7, 11) is 0. The Kier molecular flexibility index (Phi) is 8.34. The smallest absolute Gasteiger partial charge is 0.339 e. The van der Waals surface area contributed by atoms with Gasteiger partial charge in [-0.1, -0.05) is 19.4 Å². The fourth-order valence-corrected chi connectivity index (χ4v) is 3.79. The number of unbranched alkanes of at least 4 members (excludes halogenated alkanes) is 1. The van der Waals surface area contributed by atoms with Crippen LogP contribution in [0.3, 0.4) is 0 Å². The molecule has 1 aromatic heterocycles. The minimum absolute atomic E-state index is 0.00200. The Morgan fingerprint density at radius 3 is 2.43 bits per heavy atom. The van der Waals surface area contributed by atoms with E-state index in [1.54, 1.807) is 4.90 Å². The van der Waals surface area contributed by atoms with Crippen molar-refractivity contribution in [3.05, 3.63) is 62.3 Å². The highest BCUT2D eigenvalue weighted by molar-refractivity contribution is 5.97. The molecule has 0 aliphatic carbocycles. The second kappa shape index (κ2) is 11.1. The average Bonchev–Trinajstić information content (AvgIpc) is 2.84. The quantitative estimate of drug-likeness (QED) is 0.513. The van der Waals surface area contributed by atoms with Crippen molar-refractivity contribution in [2.75, 3.05) is 26.2 Å². The zero-order valence-corrected chi connectivity index (χ0v) is 20.5. The molecule has 1 aliphatic rings. The summed E-state index contributed by atoms with van der Waals surface area (Å²) in [6, 6.07) is 3.68. The molecule has 9 nitrogen and oxygen atoms in total. The van der Waals surface area contributed by atoms with Crippen LogP contribution in [0.4, 0.5) is 17.6 Å². The highest BCUT2D eigenvalue weighted by atomic mass is 19.4. The Morgan fingerprint density at radius 1 is 1.11 bits per heavy atom. The molecule has 1 aliphatic heterocycles. The van der Waals surface area contributed by atoms with Gasteiger partial charge in [0.15, 0.2) is 0 Å². The van der Waals surface area contributed by atoms with Crippen molar-refractivity contribution in [3.63, 3.8) is 0 Å². The summed E-state index contributed by atoms with van der Waals surface area (Å²) in [5.41, 5.74) is -0.556. The number of rotatable bonds is 7. The number of alkyl halides is 3. The van der Waals surface area contributed by atoms with E-state index in [0.29, 0.717) is 24.2 Å². The molecule has 0 bridgehead atoms. The Bertz CT molecular complexity index is 1280. The molecular weight excluding hydrogens is 500 g/mol. The number of carbonyl (C=O) groups excluding carboxylic acids is 3. The molecule has 37 heavy (non-hydrogen) atoms. The van der Waals surface area contributed by atoms with Crippen LogP contribution in [-0.4, -0.2) is 69.9 Å². The lowest BCUT2D eigenvalue weighted by Gasteiger charge is -2.34. The molecule has 2 heterocycles. The number of aromatic nitrogens is 2. The van der Waals surface area contributed by atoms with Gasteiger partial charge < -0.3 is 14.6 Å². The van der Waals surface area contributed by atoms with Crippen molar-refractivity contribution >= 4 is 17.8 Å². The molecule has 0 spiro atoms. The third-order valence-electron chi connectivity index (χ3n) is 6.12. The van der Waals surface area contributed by atoms with Gasteiger partial charge in [-0.2, -0.15) is 13.2 Å². The lowest BCUT2D eigenvalue weighted by Crippen LogP contribution is -2.52. The van der Waals surface area contributed by atoms with Gasteiger partial charge in [-0.25, -0.2) is 9.18 Å². The number of nitrogens with zero attached hydrogens (tertiary/aromatic N) is 4. The van der Waals surface area contributed by atoms with E-state index in [9.17, 15) is 36.7 Å². The molecule has 0 unspecified atom stereocenters. The van der Waals surface area contributed by atoms with E-state index in [1.807, 2.05) is 6.92 Å². The van der Waals surface area contributed by atoms with Crippen LogP contribution in [0.5, 0.6) is 0 Å². The molecule has 1 fully saturated rings. The van der Waals surface area contributed by atoms with Crippen LogP contribution >= 0.6 is 0 Å². The molecule has 2 amide bonds. The van der Waals surface area contributed by atoms with Gasteiger partial charge in [0, 0.05) is 31.6 Å². The minimum atomic E-state index is -5.34. The number of hydrogen-bond donors (Lipinski definition) is 0. The molecule has 13 heteroatoms. The Hall–Kier alpha value is -3.77. The maximum Gasteiger partial charge on any atom is 0.493 e. The highest BCUT2D eigenvalue weighted by Crippen LogP contribution is 2.19. The largest absolute Gasteiger partial charge is 0.493 e. The number of halogens is 4. The molecule has 0 atom stereocenters. The monoisotopic (exact) mass is 526 g/mol. The summed E-state index contributed by atoms with van der Waals surface area (Å²) in [6.07, 6.45) is -3.69. The van der Waals surface area contributed by atoms with Crippen LogP contribution < -0.4 is 10.4 Å². The summed E-state index contributed by atoms with van der Waals surface area (Å²) >= 11 is 0. The topological polar surface area (TPSA) is 102 Å². The normalized spacial score (nSPS) is 14.2. The molecule has 0 saturated carbocycles. The first-order chi connectivity index (χ1) is 17.3. The van der Waals surface area contributed by atoms with Gasteiger partial charge in [0.2, 0.25) is 5.91 Å². The fraction of sp³-hybridized carbons (Fsp3) is 0.458. The lowest BCUT2D eigenvalue weighted by atomic mass is 10.0. The van der Waals surface area contributed by atoms with Gasteiger partial charge in [0.25, 0.3) is 5.91 Å². The third kappa shape index (κ3) is 6.33. The van der Waals surface area contributed by atoms with E-state index in [2.05, 4.69) is 9.94 Å². The lowest BCUT2D eigenvalue weighted by molar-refractivity contribution is -0.202. The van der Waals surface area contributed by atoms with Crippen molar-refractivity contribution in [3.8, 4) is 0 Å². The van der Waals surface area contributed by atoms with Crippen molar-refractivity contribution in [2.45, 2.75) is 46.2 Å². The van der Waals surface area contributed by atoms with Gasteiger partial charge in [-0.05, 0) is 48.4 Å². The molecule has 2 aromatic rings. The third-order valence-corrected chi connectivity index (χ3v) is 6.12. The van der Waals surface area contributed by atoms with Gasteiger partial charge in [0.05, 0.1) is 11.3 Å². The van der Waals surface area contributed by atoms with E-state index in [-0.39, 0.29) is 47.1 Å². The van der Waals surface area contributed by atoms with Crippen molar-refractivity contribution in [1.82, 2.24) is 19.7 Å². The fourth-order valence-electron chi connectivity index (χ4n) is 3.79. The Labute approximate surface area is 209 Å². The maximum atomic E-state index is 14.6. The van der Waals surface area contributed by atoms with Gasteiger partial charge >= 0.3 is 17.7 Å². The van der Waals surface area contributed by atoms with Crippen LogP contribution in [0.15, 0.2) is 23.0 Å². The average molecular weight is 526 g/mol. The molecule has 0 radical (unpaired) electrons. The molecule has 1 aromatic carbocycles. The number of hydrogen-bond acceptors (Lipinski definition) is 6. The number of piperazine rings is 1. The number of amides is 2. The van der Waals surface area contributed by atoms with Gasteiger partial charge in [0.1, 0.15) is 12.4 Å². The molecule has 3 rings (SSSR count). The standard InChI is InChI=1S/C24H26F4N4O5/c1-4-5-8-30-9-10-31(13-20(30)33)22(35)17-11-16(6-7-18(17)25)12-19-14(2)15(3)21(34)32(29-19)37-23(36)24(26,27)28/h6-7,11H,4-5,8-10,12-13H2,1-3H3. The molecule has 200 valence electrons. The highest BCUT2D eigenvalue weighted by Gasteiger charge is 2.42. The summed E-state index contributed by atoms with van der Waals surface area (Å²) in [6.45, 7) is 5.84. The van der Waals surface area contributed by atoms with E-state index in [0.717, 1.165) is 18.9 Å². The molecular formula is C24H26F4N4O5. The van der Waals surface area contributed by atoms with Crippen LogP contribution in [-0.2, 0) is 16.0 Å². The zero-order chi connectivity index (χ0) is 27.5. The van der Waals surface area contributed by atoms with Crippen molar-refractivity contribution < 1.29 is 36.8 Å². The molecule has 1 saturated heterocycles. The van der Waals surface area contributed by atoms with Crippen LogP contribution in [0.2, 0.25) is 0 Å². The Morgan fingerprint density at radius 2 is 1.81 bits per heavy atom. The van der Waals surface area contributed by atoms with Crippen LogP contribution in [0.1, 0.15) is 52.5 Å². The first-order valence-electron chi connectivity index (χ1n) is 11.6. The summed E-state index contributed by atoms with van der Waals surface area (Å²) in [4.78, 5) is 55.9. The van der Waals surface area contributed by atoms with Crippen molar-refractivity contribution in [2.24, 2.45) is 0 Å². The predicted octanol–water partition coefficient (Wildman–Crippen LogP) is 2.19. The second-order valence-electron chi connectivity index (χ2n) is 8.70. The second-order valence-corrected chi connectivity index (χ2v) is 8.70.